The van der Waals surface area contributed by atoms with E-state index < -0.39 is 28.2 Å². The first-order valence-electron chi connectivity index (χ1n) is 10.9. The van der Waals surface area contributed by atoms with E-state index in [0.717, 1.165) is 5.56 Å². The van der Waals surface area contributed by atoms with Crippen LogP contribution in [-0.4, -0.2) is 42.4 Å². The summed E-state index contributed by atoms with van der Waals surface area (Å²) in [4.78, 5) is 12.3. The Morgan fingerprint density at radius 3 is 2.53 bits per heavy atom. The number of rotatable bonds is 7. The van der Waals surface area contributed by atoms with Gasteiger partial charge < -0.3 is 19.5 Å². The fourth-order valence-electron chi connectivity index (χ4n) is 3.17. The Hall–Kier alpha value is -3.24. The molecule has 8 nitrogen and oxygen atoms in total. The highest BCUT2D eigenvalue weighted by Gasteiger charge is 2.19. The zero-order valence-corrected chi connectivity index (χ0v) is 22.5. The minimum absolute atomic E-state index is 0.201. The molecule has 0 saturated heterocycles. The number of hydrogen-bond donors (Lipinski definition) is 1. The fraction of sp³-hybridized carbons (Fsp3) is 0.320. The van der Waals surface area contributed by atoms with Crippen LogP contribution in [0.25, 0.3) is 11.3 Å². The van der Waals surface area contributed by atoms with Crippen LogP contribution in [0.1, 0.15) is 26.3 Å². The summed E-state index contributed by atoms with van der Waals surface area (Å²) in [7, 11) is 2.14. The molecular formula is C25H28ClFN4O4S. The quantitative estimate of drug-likeness (QED) is 0.380. The number of carbonyl (C=O) groups is 1. The number of nitrogens with zero attached hydrogens (tertiary/aromatic N) is 3. The third kappa shape index (κ3) is 7.14. The lowest BCUT2D eigenvalue weighted by Crippen LogP contribution is -2.22. The summed E-state index contributed by atoms with van der Waals surface area (Å²) in [6, 6.07) is 11.3. The zero-order valence-electron chi connectivity index (χ0n) is 20.9. The Morgan fingerprint density at radius 2 is 1.86 bits per heavy atom. The predicted molar refractivity (Wildman–Crippen MR) is 140 cm³/mol. The van der Waals surface area contributed by atoms with Crippen molar-refractivity contribution in [2.45, 2.75) is 37.9 Å². The lowest BCUT2D eigenvalue weighted by molar-refractivity contribution is 0.0608. The Bertz CT molecular complexity index is 1300. The highest BCUT2D eigenvalue weighted by molar-refractivity contribution is 7.87. The number of carbonyl (C=O) groups excluding carboxylic acids is 1. The smallest absolute Gasteiger partial charge is 0.440 e. The molecule has 192 valence electrons. The lowest BCUT2D eigenvalue weighted by Gasteiger charge is -2.18. The number of anilines is 1. The molecule has 1 amide bonds. The SMILES string of the molecule is COc1ccc(CNc2cc(-c3cc(Cl)ccc3F)nnc2S(C)=NC(=O)OC(C)(C)C)c(OC)c1. The van der Waals surface area contributed by atoms with Crippen molar-refractivity contribution in [1.29, 1.82) is 0 Å². The lowest BCUT2D eigenvalue weighted by atomic mass is 10.1. The summed E-state index contributed by atoms with van der Waals surface area (Å²) in [6.07, 6.45) is 1.02. The molecule has 1 heterocycles. The van der Waals surface area contributed by atoms with E-state index in [4.69, 9.17) is 25.8 Å². The fourth-order valence-corrected chi connectivity index (χ4v) is 4.30. The van der Waals surface area contributed by atoms with Gasteiger partial charge in [-0.2, -0.15) is 0 Å². The number of nitrogens with one attached hydrogen (secondary N) is 1. The molecule has 11 heteroatoms. The molecule has 3 aromatic rings. The molecule has 1 unspecified atom stereocenters. The van der Waals surface area contributed by atoms with Crippen LogP contribution in [-0.2, 0) is 22.0 Å². The minimum Gasteiger partial charge on any atom is -0.497 e. The van der Waals surface area contributed by atoms with Crippen LogP contribution in [0.3, 0.4) is 0 Å². The molecule has 0 aliphatic heterocycles. The molecule has 0 saturated carbocycles. The molecule has 3 rings (SSSR count). The van der Waals surface area contributed by atoms with E-state index in [1.165, 1.54) is 18.2 Å². The number of aromatic nitrogens is 2. The van der Waals surface area contributed by atoms with Gasteiger partial charge in [-0.1, -0.05) is 11.6 Å². The van der Waals surface area contributed by atoms with Crippen LogP contribution in [0.4, 0.5) is 14.9 Å². The van der Waals surface area contributed by atoms with Gasteiger partial charge in [0.1, 0.15) is 22.9 Å². The van der Waals surface area contributed by atoms with Gasteiger partial charge in [-0.15, -0.1) is 14.6 Å². The van der Waals surface area contributed by atoms with Gasteiger partial charge in [-0.25, -0.2) is 9.18 Å². The van der Waals surface area contributed by atoms with Gasteiger partial charge in [0.25, 0.3) is 0 Å². The largest absolute Gasteiger partial charge is 0.497 e. The van der Waals surface area contributed by atoms with Crippen LogP contribution >= 0.6 is 11.6 Å². The van der Waals surface area contributed by atoms with Crippen molar-refractivity contribution in [1.82, 2.24) is 10.2 Å². The molecule has 0 fully saturated rings. The summed E-state index contributed by atoms with van der Waals surface area (Å²) < 4.78 is 34.7. The average molecular weight is 535 g/mol. The Morgan fingerprint density at radius 1 is 1.11 bits per heavy atom. The first kappa shape index (κ1) is 27.3. The normalized spacial score (nSPS) is 12.2. The molecular weight excluding hydrogens is 507 g/mol. The van der Waals surface area contributed by atoms with Crippen molar-refractivity contribution in [3.63, 3.8) is 0 Å². The molecule has 1 atom stereocenters. The van der Waals surface area contributed by atoms with Crippen LogP contribution < -0.4 is 14.8 Å². The molecule has 36 heavy (non-hydrogen) atoms. The van der Waals surface area contributed by atoms with Gasteiger partial charge in [-0.3, -0.25) is 0 Å². The van der Waals surface area contributed by atoms with E-state index in [1.807, 2.05) is 12.1 Å². The van der Waals surface area contributed by atoms with Crippen LogP contribution in [0.5, 0.6) is 11.5 Å². The Labute approximate surface area is 217 Å². The number of halogens is 2. The van der Waals surface area contributed by atoms with Gasteiger partial charge in [0.15, 0.2) is 5.03 Å². The second-order valence-electron chi connectivity index (χ2n) is 8.65. The number of ether oxygens (including phenoxy) is 3. The van der Waals surface area contributed by atoms with E-state index in [1.54, 1.807) is 53.4 Å². The summed E-state index contributed by atoms with van der Waals surface area (Å²) in [6.45, 7) is 5.62. The highest BCUT2D eigenvalue weighted by Crippen LogP contribution is 2.30. The minimum atomic E-state index is -1.01. The number of amides is 1. The molecule has 0 spiro atoms. The molecule has 0 aliphatic rings. The summed E-state index contributed by atoms with van der Waals surface area (Å²) in [5, 5.41) is 12.6. The molecule has 0 bridgehead atoms. The average Bonchev–Trinajstić information content (AvgIpc) is 2.82. The van der Waals surface area contributed by atoms with Crippen molar-refractivity contribution >= 4 is 34.1 Å². The van der Waals surface area contributed by atoms with E-state index in [2.05, 4.69) is 19.9 Å². The van der Waals surface area contributed by atoms with Crippen LogP contribution in [0.2, 0.25) is 5.02 Å². The maximum Gasteiger partial charge on any atom is 0.440 e. The topological polar surface area (TPSA) is 94.9 Å². The molecule has 0 aliphatic carbocycles. The maximum absolute atomic E-state index is 14.5. The van der Waals surface area contributed by atoms with Crippen molar-refractivity contribution in [3.05, 3.63) is 58.9 Å². The van der Waals surface area contributed by atoms with Crippen molar-refractivity contribution in [2.24, 2.45) is 4.36 Å². The van der Waals surface area contributed by atoms with E-state index in [-0.39, 0.29) is 11.3 Å². The van der Waals surface area contributed by atoms with Crippen LogP contribution in [0.15, 0.2) is 51.9 Å². The van der Waals surface area contributed by atoms with E-state index in [9.17, 15) is 9.18 Å². The highest BCUT2D eigenvalue weighted by atomic mass is 35.5. The second kappa shape index (κ2) is 11.7. The van der Waals surface area contributed by atoms with Crippen molar-refractivity contribution in [3.8, 4) is 22.8 Å². The van der Waals surface area contributed by atoms with E-state index >= 15 is 0 Å². The number of benzene rings is 2. The summed E-state index contributed by atoms with van der Waals surface area (Å²) >= 11 is 6.08. The van der Waals surface area contributed by atoms with Crippen LogP contribution in [0, 0.1) is 5.82 Å². The van der Waals surface area contributed by atoms with Gasteiger partial charge in [0, 0.05) is 28.8 Å². The molecule has 2 aromatic carbocycles. The summed E-state index contributed by atoms with van der Waals surface area (Å²) in [5.41, 5.74) is 1.16. The monoisotopic (exact) mass is 534 g/mol. The number of methoxy groups -OCH3 is 2. The Kier molecular flexibility index (Phi) is 8.86. The van der Waals surface area contributed by atoms with Crippen molar-refractivity contribution < 1.29 is 23.4 Å². The molecule has 0 radical (unpaired) electrons. The maximum atomic E-state index is 14.5. The molecule has 1 N–H and O–H groups in total. The molecule has 1 aromatic heterocycles. The van der Waals surface area contributed by atoms with Gasteiger partial charge in [0.05, 0.1) is 25.6 Å². The summed E-state index contributed by atoms with van der Waals surface area (Å²) in [5.74, 6) is 0.797. The van der Waals surface area contributed by atoms with Gasteiger partial charge in [0.2, 0.25) is 0 Å². The Balaban J connectivity index is 2.02. The third-order valence-corrected chi connectivity index (χ3v) is 6.33. The standard InChI is InChI=1S/C25H28ClFN4O4S/c1-25(2,3)35-24(32)31-36(6)23-21(28-14-15-7-9-17(33-4)12-22(15)34-5)13-20(29-30-23)18-11-16(26)8-10-19(18)27/h7-13H,14H2,1-6H3,(H,28,29). The van der Waals surface area contributed by atoms with Gasteiger partial charge in [-0.05, 0) is 74.1 Å². The third-order valence-electron chi connectivity index (χ3n) is 4.81. The zero-order chi connectivity index (χ0) is 26.5. The van der Waals surface area contributed by atoms with Crippen molar-refractivity contribution in [2.75, 3.05) is 25.8 Å². The first-order chi connectivity index (χ1) is 17.0. The predicted octanol–water partition coefficient (Wildman–Crippen LogP) is 6.29. The van der Waals surface area contributed by atoms with Gasteiger partial charge >= 0.3 is 6.09 Å². The number of hydrogen-bond acceptors (Lipinski definition) is 7. The first-order valence-corrected chi connectivity index (χ1v) is 12.9. The second-order valence-corrected chi connectivity index (χ2v) is 10.6. The van der Waals surface area contributed by atoms with E-state index in [0.29, 0.717) is 33.8 Å².